The summed E-state index contributed by atoms with van der Waals surface area (Å²) < 4.78 is 27.9. The van der Waals surface area contributed by atoms with Gasteiger partial charge >= 0.3 is 0 Å². The normalized spacial score (nSPS) is 24.1. The minimum atomic E-state index is -3.51. The number of piperidine rings is 1. The molecule has 2 atom stereocenters. The third kappa shape index (κ3) is 3.88. The molecule has 2 N–H and O–H groups in total. The van der Waals surface area contributed by atoms with Crippen LogP contribution in [0.3, 0.4) is 0 Å². The molecule has 1 saturated heterocycles. The lowest BCUT2D eigenvalue weighted by Gasteiger charge is -2.23. The van der Waals surface area contributed by atoms with Crippen LogP contribution in [0, 0.1) is 12.8 Å². The van der Waals surface area contributed by atoms with Gasteiger partial charge in [-0.05, 0) is 93.0 Å². The molecule has 1 saturated carbocycles. The van der Waals surface area contributed by atoms with Crippen molar-refractivity contribution in [3.8, 4) is 0 Å². The van der Waals surface area contributed by atoms with Crippen LogP contribution in [0.4, 0.5) is 5.69 Å². The van der Waals surface area contributed by atoms with Crippen LogP contribution < -0.4 is 14.9 Å². The first-order valence-corrected chi connectivity index (χ1v) is 12.6. The summed E-state index contributed by atoms with van der Waals surface area (Å²) in [4.78, 5) is 0.379. The standard InChI is InChI=1S/C24H31N3O2S/c1-17-3-2-4-21(13-17)30(28,29)27-12-9-20-14-19(5-6-24(20)27)22-15-23(22)26-16-18-7-10-25-11-8-18/h2-6,13-14,18,22-23,25-26H,7-12,15-16H2,1H3/t22-,23+/m0/s1. The van der Waals surface area contributed by atoms with E-state index < -0.39 is 10.0 Å². The fourth-order valence-corrected chi connectivity index (χ4v) is 6.58. The monoisotopic (exact) mass is 425 g/mol. The average molecular weight is 426 g/mol. The summed E-state index contributed by atoms with van der Waals surface area (Å²) in [6.07, 6.45) is 4.52. The fraction of sp³-hybridized carbons (Fsp3) is 0.500. The molecule has 0 amide bonds. The minimum Gasteiger partial charge on any atom is -0.317 e. The number of aryl methyl sites for hydroxylation is 1. The van der Waals surface area contributed by atoms with Crippen molar-refractivity contribution >= 4 is 15.7 Å². The lowest BCUT2D eigenvalue weighted by atomic mass is 9.98. The SMILES string of the molecule is Cc1cccc(S(=O)(=O)N2CCc3cc([C@@H]4C[C@H]4NCC4CCNCC4)ccc32)c1. The molecule has 0 radical (unpaired) electrons. The Morgan fingerprint density at radius 3 is 2.77 bits per heavy atom. The van der Waals surface area contributed by atoms with Gasteiger partial charge in [0.05, 0.1) is 10.6 Å². The molecule has 2 aliphatic heterocycles. The zero-order valence-electron chi connectivity index (χ0n) is 17.6. The van der Waals surface area contributed by atoms with Gasteiger partial charge in [-0.15, -0.1) is 0 Å². The molecule has 2 fully saturated rings. The zero-order valence-corrected chi connectivity index (χ0v) is 18.4. The number of nitrogens with zero attached hydrogens (tertiary/aromatic N) is 1. The van der Waals surface area contributed by atoms with Crippen LogP contribution in [0.25, 0.3) is 0 Å². The van der Waals surface area contributed by atoms with Crippen LogP contribution in [0.15, 0.2) is 47.4 Å². The Kier molecular flexibility index (Phi) is 5.33. The van der Waals surface area contributed by atoms with E-state index in [1.807, 2.05) is 25.1 Å². The molecule has 160 valence electrons. The van der Waals surface area contributed by atoms with E-state index in [9.17, 15) is 8.42 Å². The molecule has 2 aromatic rings. The fourth-order valence-electron chi connectivity index (χ4n) is 4.97. The lowest BCUT2D eigenvalue weighted by Crippen LogP contribution is -2.34. The Morgan fingerprint density at radius 2 is 1.97 bits per heavy atom. The lowest BCUT2D eigenvalue weighted by molar-refractivity contribution is 0.355. The van der Waals surface area contributed by atoms with Crippen molar-refractivity contribution in [2.75, 3.05) is 30.5 Å². The molecule has 6 heteroatoms. The molecule has 2 aromatic carbocycles. The van der Waals surface area contributed by atoms with Crippen molar-refractivity contribution < 1.29 is 8.42 Å². The maximum Gasteiger partial charge on any atom is 0.264 e. The number of hydrogen-bond donors (Lipinski definition) is 2. The maximum atomic E-state index is 13.2. The molecule has 3 aliphatic rings. The highest BCUT2D eigenvalue weighted by Gasteiger charge is 2.39. The molecule has 0 bridgehead atoms. The van der Waals surface area contributed by atoms with Crippen molar-refractivity contribution in [1.29, 1.82) is 0 Å². The zero-order chi connectivity index (χ0) is 20.7. The summed E-state index contributed by atoms with van der Waals surface area (Å²) in [6, 6.07) is 14.2. The van der Waals surface area contributed by atoms with Crippen molar-refractivity contribution in [3.05, 3.63) is 59.2 Å². The van der Waals surface area contributed by atoms with Gasteiger partial charge in [-0.25, -0.2) is 8.42 Å². The largest absolute Gasteiger partial charge is 0.317 e. The van der Waals surface area contributed by atoms with Gasteiger partial charge < -0.3 is 10.6 Å². The summed E-state index contributed by atoms with van der Waals surface area (Å²) in [5.41, 5.74) is 4.32. The first kappa shape index (κ1) is 20.0. The van der Waals surface area contributed by atoms with Crippen LogP contribution in [0.1, 0.15) is 41.9 Å². The van der Waals surface area contributed by atoms with Gasteiger partial charge in [-0.1, -0.05) is 24.3 Å². The van der Waals surface area contributed by atoms with Gasteiger partial charge in [0.1, 0.15) is 0 Å². The summed E-state index contributed by atoms with van der Waals surface area (Å²) in [7, 11) is -3.51. The predicted octanol–water partition coefficient (Wildman–Crippen LogP) is 3.19. The highest BCUT2D eigenvalue weighted by molar-refractivity contribution is 7.92. The molecule has 2 heterocycles. The first-order chi connectivity index (χ1) is 14.5. The summed E-state index contributed by atoms with van der Waals surface area (Å²) in [5.74, 6) is 1.37. The van der Waals surface area contributed by atoms with E-state index in [-0.39, 0.29) is 0 Å². The van der Waals surface area contributed by atoms with E-state index in [0.717, 1.165) is 48.8 Å². The number of fused-ring (bicyclic) bond motifs is 1. The van der Waals surface area contributed by atoms with Gasteiger partial charge in [0.2, 0.25) is 0 Å². The quantitative estimate of drug-likeness (QED) is 0.746. The molecular weight excluding hydrogens is 394 g/mol. The van der Waals surface area contributed by atoms with Crippen molar-refractivity contribution in [2.45, 2.75) is 49.5 Å². The highest BCUT2D eigenvalue weighted by Crippen LogP contribution is 2.43. The summed E-state index contributed by atoms with van der Waals surface area (Å²) in [5, 5.41) is 7.20. The number of rotatable bonds is 6. The Labute approximate surface area is 179 Å². The number of anilines is 1. The predicted molar refractivity (Wildman–Crippen MR) is 121 cm³/mol. The van der Waals surface area contributed by atoms with Crippen LogP contribution >= 0.6 is 0 Å². The molecule has 30 heavy (non-hydrogen) atoms. The van der Waals surface area contributed by atoms with E-state index in [2.05, 4.69) is 22.8 Å². The molecule has 1 aliphatic carbocycles. The second-order valence-corrected chi connectivity index (χ2v) is 10.9. The van der Waals surface area contributed by atoms with E-state index in [1.54, 1.807) is 16.4 Å². The smallest absolute Gasteiger partial charge is 0.264 e. The molecule has 0 unspecified atom stereocenters. The van der Waals surface area contributed by atoms with E-state index in [4.69, 9.17) is 0 Å². The number of sulfonamides is 1. The van der Waals surface area contributed by atoms with Crippen LogP contribution in [-0.4, -0.2) is 40.6 Å². The molecule has 5 nitrogen and oxygen atoms in total. The van der Waals surface area contributed by atoms with Crippen LogP contribution in [0.5, 0.6) is 0 Å². The van der Waals surface area contributed by atoms with Gasteiger partial charge in [0, 0.05) is 18.5 Å². The first-order valence-electron chi connectivity index (χ1n) is 11.2. The Balaban J connectivity index is 1.27. The van der Waals surface area contributed by atoms with Gasteiger partial charge in [0.15, 0.2) is 0 Å². The molecule has 0 aromatic heterocycles. The van der Waals surface area contributed by atoms with Crippen LogP contribution in [0.2, 0.25) is 0 Å². The molecule has 0 spiro atoms. The van der Waals surface area contributed by atoms with Crippen molar-refractivity contribution in [2.24, 2.45) is 5.92 Å². The van der Waals surface area contributed by atoms with Gasteiger partial charge in [0.25, 0.3) is 10.0 Å². The van der Waals surface area contributed by atoms with E-state index in [0.29, 0.717) is 23.4 Å². The Hall–Kier alpha value is -1.89. The second-order valence-electron chi connectivity index (χ2n) is 9.08. The van der Waals surface area contributed by atoms with Gasteiger partial charge in [-0.2, -0.15) is 0 Å². The highest BCUT2D eigenvalue weighted by atomic mass is 32.2. The Bertz CT molecular complexity index is 1030. The van der Waals surface area contributed by atoms with Crippen molar-refractivity contribution in [1.82, 2.24) is 10.6 Å². The molecular formula is C24H31N3O2S. The number of hydrogen-bond acceptors (Lipinski definition) is 4. The Morgan fingerprint density at radius 1 is 1.13 bits per heavy atom. The van der Waals surface area contributed by atoms with Gasteiger partial charge in [-0.3, -0.25) is 4.31 Å². The third-order valence-electron chi connectivity index (χ3n) is 6.88. The maximum absolute atomic E-state index is 13.2. The minimum absolute atomic E-state index is 0.379. The topological polar surface area (TPSA) is 61.4 Å². The summed E-state index contributed by atoms with van der Waals surface area (Å²) >= 11 is 0. The average Bonchev–Trinajstić information content (AvgIpc) is 3.41. The van der Waals surface area contributed by atoms with Crippen molar-refractivity contribution in [3.63, 3.8) is 0 Å². The summed E-state index contributed by atoms with van der Waals surface area (Å²) in [6.45, 7) is 5.86. The van der Waals surface area contributed by atoms with E-state index >= 15 is 0 Å². The molecule has 5 rings (SSSR count). The number of nitrogens with one attached hydrogen (secondary N) is 2. The number of benzene rings is 2. The van der Waals surface area contributed by atoms with Crippen LogP contribution in [-0.2, 0) is 16.4 Å². The van der Waals surface area contributed by atoms with E-state index in [1.165, 1.54) is 24.8 Å². The third-order valence-corrected chi connectivity index (χ3v) is 8.69. The second kappa shape index (κ2) is 7.98.